The van der Waals surface area contributed by atoms with Crippen molar-refractivity contribution in [1.82, 2.24) is 4.98 Å². The third-order valence-corrected chi connectivity index (χ3v) is 4.75. The summed E-state index contributed by atoms with van der Waals surface area (Å²) in [6, 6.07) is 17.3. The Labute approximate surface area is 157 Å². The van der Waals surface area contributed by atoms with Crippen LogP contribution in [0.3, 0.4) is 0 Å². The summed E-state index contributed by atoms with van der Waals surface area (Å²) in [5.41, 5.74) is 5.21. The van der Waals surface area contributed by atoms with Gasteiger partial charge >= 0.3 is 0 Å². The van der Waals surface area contributed by atoms with E-state index in [-0.39, 0.29) is 17.7 Å². The SMILES string of the molecule is Cc1ccc([C@@H]2CC(=O)Nc3cc(NC(=O)c4cccnc4)ccc32)cc1. The van der Waals surface area contributed by atoms with E-state index in [1.165, 1.54) is 11.8 Å². The number of amides is 2. The smallest absolute Gasteiger partial charge is 0.257 e. The van der Waals surface area contributed by atoms with Crippen LogP contribution in [0.25, 0.3) is 0 Å². The van der Waals surface area contributed by atoms with Gasteiger partial charge in [0.15, 0.2) is 0 Å². The van der Waals surface area contributed by atoms with E-state index in [0.717, 1.165) is 16.8 Å². The fourth-order valence-corrected chi connectivity index (χ4v) is 3.34. The van der Waals surface area contributed by atoms with E-state index in [2.05, 4.69) is 39.9 Å². The minimum absolute atomic E-state index is 0.0115. The quantitative estimate of drug-likeness (QED) is 0.741. The molecule has 0 unspecified atom stereocenters. The first kappa shape index (κ1) is 17.0. The second-order valence-electron chi connectivity index (χ2n) is 6.71. The van der Waals surface area contributed by atoms with E-state index in [0.29, 0.717) is 17.7 Å². The average Bonchev–Trinajstić information content (AvgIpc) is 2.68. The van der Waals surface area contributed by atoms with Gasteiger partial charge in [-0.1, -0.05) is 35.9 Å². The van der Waals surface area contributed by atoms with Crippen LogP contribution in [0.1, 0.15) is 39.4 Å². The average molecular weight is 357 g/mol. The molecule has 2 amide bonds. The summed E-state index contributed by atoms with van der Waals surface area (Å²) in [7, 11) is 0. The third-order valence-electron chi connectivity index (χ3n) is 4.75. The first-order valence-corrected chi connectivity index (χ1v) is 8.82. The molecule has 134 valence electrons. The molecule has 0 saturated heterocycles. The summed E-state index contributed by atoms with van der Waals surface area (Å²) in [6.45, 7) is 2.04. The number of fused-ring (bicyclic) bond motifs is 1. The Hall–Kier alpha value is -3.47. The molecule has 4 rings (SSSR count). The van der Waals surface area contributed by atoms with Gasteiger partial charge < -0.3 is 10.6 Å². The van der Waals surface area contributed by atoms with Crippen molar-refractivity contribution in [2.24, 2.45) is 0 Å². The number of carbonyl (C=O) groups is 2. The van der Waals surface area contributed by atoms with E-state index in [1.807, 2.05) is 25.1 Å². The molecule has 0 bridgehead atoms. The summed E-state index contributed by atoms with van der Waals surface area (Å²) in [5.74, 6) is -0.249. The molecule has 27 heavy (non-hydrogen) atoms. The van der Waals surface area contributed by atoms with Crippen molar-refractivity contribution < 1.29 is 9.59 Å². The van der Waals surface area contributed by atoms with E-state index < -0.39 is 0 Å². The summed E-state index contributed by atoms with van der Waals surface area (Å²) >= 11 is 0. The molecule has 2 heterocycles. The second kappa shape index (κ2) is 7.03. The largest absolute Gasteiger partial charge is 0.326 e. The van der Waals surface area contributed by atoms with Crippen LogP contribution in [-0.2, 0) is 4.79 Å². The fraction of sp³-hybridized carbons (Fsp3) is 0.136. The van der Waals surface area contributed by atoms with Gasteiger partial charge in [-0.15, -0.1) is 0 Å². The van der Waals surface area contributed by atoms with Crippen molar-refractivity contribution in [2.45, 2.75) is 19.3 Å². The number of pyridine rings is 1. The van der Waals surface area contributed by atoms with Gasteiger partial charge in [0, 0.05) is 36.1 Å². The van der Waals surface area contributed by atoms with Crippen LogP contribution in [0, 0.1) is 6.92 Å². The number of aryl methyl sites for hydroxylation is 1. The van der Waals surface area contributed by atoms with Gasteiger partial charge in [0.05, 0.1) is 5.56 Å². The van der Waals surface area contributed by atoms with Gasteiger partial charge in [0.25, 0.3) is 5.91 Å². The highest BCUT2D eigenvalue weighted by Gasteiger charge is 2.26. The second-order valence-corrected chi connectivity index (χ2v) is 6.71. The van der Waals surface area contributed by atoms with Crippen LogP contribution in [0.4, 0.5) is 11.4 Å². The molecule has 5 nitrogen and oxygen atoms in total. The van der Waals surface area contributed by atoms with Crippen LogP contribution in [0.15, 0.2) is 67.0 Å². The molecule has 0 spiro atoms. The first-order valence-electron chi connectivity index (χ1n) is 8.82. The van der Waals surface area contributed by atoms with Crippen molar-refractivity contribution in [1.29, 1.82) is 0 Å². The van der Waals surface area contributed by atoms with Gasteiger partial charge in [-0.2, -0.15) is 0 Å². The number of hydrogen-bond donors (Lipinski definition) is 2. The third kappa shape index (κ3) is 3.58. The topological polar surface area (TPSA) is 71.1 Å². The lowest BCUT2D eigenvalue weighted by molar-refractivity contribution is -0.116. The highest BCUT2D eigenvalue weighted by atomic mass is 16.2. The van der Waals surface area contributed by atoms with Crippen molar-refractivity contribution in [2.75, 3.05) is 10.6 Å². The lowest BCUT2D eigenvalue weighted by atomic mass is 9.84. The molecular formula is C22H19N3O2. The van der Waals surface area contributed by atoms with Gasteiger partial charge in [0.1, 0.15) is 0 Å². The Balaban J connectivity index is 1.63. The summed E-state index contributed by atoms with van der Waals surface area (Å²) in [5, 5.41) is 5.78. The molecular weight excluding hydrogens is 338 g/mol. The predicted octanol–water partition coefficient (Wildman–Crippen LogP) is 4.12. The number of hydrogen-bond acceptors (Lipinski definition) is 3. The molecule has 1 aromatic heterocycles. The molecule has 0 fully saturated rings. The van der Waals surface area contributed by atoms with Crippen molar-refractivity contribution in [3.63, 3.8) is 0 Å². The van der Waals surface area contributed by atoms with E-state index in [9.17, 15) is 9.59 Å². The van der Waals surface area contributed by atoms with Crippen LogP contribution in [0.5, 0.6) is 0 Å². The zero-order valence-corrected chi connectivity index (χ0v) is 14.9. The fourth-order valence-electron chi connectivity index (χ4n) is 3.34. The van der Waals surface area contributed by atoms with Crippen molar-refractivity contribution in [3.05, 3.63) is 89.2 Å². The lowest BCUT2D eigenvalue weighted by Gasteiger charge is -2.26. The van der Waals surface area contributed by atoms with Crippen LogP contribution >= 0.6 is 0 Å². The minimum Gasteiger partial charge on any atom is -0.326 e. The molecule has 1 atom stereocenters. The monoisotopic (exact) mass is 357 g/mol. The molecule has 2 aromatic carbocycles. The zero-order valence-electron chi connectivity index (χ0n) is 14.9. The number of benzene rings is 2. The number of aromatic nitrogens is 1. The molecule has 5 heteroatoms. The molecule has 0 saturated carbocycles. The van der Waals surface area contributed by atoms with Gasteiger partial charge in [-0.05, 0) is 42.3 Å². The minimum atomic E-state index is -0.236. The maximum absolute atomic E-state index is 12.3. The number of anilines is 2. The first-order chi connectivity index (χ1) is 13.1. The molecule has 1 aliphatic rings. The van der Waals surface area contributed by atoms with Crippen molar-refractivity contribution >= 4 is 23.2 Å². The number of carbonyl (C=O) groups excluding carboxylic acids is 2. The molecule has 3 aromatic rings. The van der Waals surface area contributed by atoms with Crippen molar-refractivity contribution in [3.8, 4) is 0 Å². The molecule has 0 radical (unpaired) electrons. The Morgan fingerprint density at radius 1 is 1.15 bits per heavy atom. The van der Waals surface area contributed by atoms with E-state index in [4.69, 9.17) is 0 Å². The highest BCUT2D eigenvalue weighted by molar-refractivity contribution is 6.05. The normalized spacial score (nSPS) is 15.6. The van der Waals surface area contributed by atoms with Gasteiger partial charge in [-0.3, -0.25) is 14.6 Å². The number of rotatable bonds is 3. The molecule has 1 aliphatic heterocycles. The van der Waals surface area contributed by atoms with E-state index in [1.54, 1.807) is 18.3 Å². The Kier molecular flexibility index (Phi) is 4.42. The van der Waals surface area contributed by atoms with Gasteiger partial charge in [0.2, 0.25) is 5.91 Å². The van der Waals surface area contributed by atoms with Crippen LogP contribution in [-0.4, -0.2) is 16.8 Å². The van der Waals surface area contributed by atoms with Crippen LogP contribution < -0.4 is 10.6 Å². The number of nitrogens with one attached hydrogen (secondary N) is 2. The van der Waals surface area contributed by atoms with Crippen LogP contribution in [0.2, 0.25) is 0 Å². The molecule has 2 N–H and O–H groups in total. The number of nitrogens with zero attached hydrogens (tertiary/aromatic N) is 1. The van der Waals surface area contributed by atoms with Gasteiger partial charge in [-0.25, -0.2) is 0 Å². The Morgan fingerprint density at radius 3 is 2.70 bits per heavy atom. The highest BCUT2D eigenvalue weighted by Crippen LogP contribution is 2.38. The summed E-state index contributed by atoms with van der Waals surface area (Å²) in [4.78, 5) is 28.5. The maximum atomic E-state index is 12.3. The lowest BCUT2D eigenvalue weighted by Crippen LogP contribution is -2.24. The maximum Gasteiger partial charge on any atom is 0.257 e. The standard InChI is InChI=1S/C22H19N3O2/c1-14-4-6-15(7-5-14)19-12-21(26)25-20-11-17(8-9-18(19)20)24-22(27)16-3-2-10-23-13-16/h2-11,13,19H,12H2,1H3,(H,24,27)(H,25,26)/t19-/m0/s1. The Bertz CT molecular complexity index is 998. The predicted molar refractivity (Wildman–Crippen MR) is 105 cm³/mol. The summed E-state index contributed by atoms with van der Waals surface area (Å²) in [6.07, 6.45) is 3.55. The Morgan fingerprint density at radius 2 is 1.96 bits per heavy atom. The molecule has 0 aliphatic carbocycles. The summed E-state index contributed by atoms with van der Waals surface area (Å²) < 4.78 is 0. The zero-order chi connectivity index (χ0) is 18.8. The van der Waals surface area contributed by atoms with E-state index >= 15 is 0 Å².